The van der Waals surface area contributed by atoms with E-state index in [1.165, 1.54) is 12.5 Å². The zero-order chi connectivity index (χ0) is 14.3. The van der Waals surface area contributed by atoms with Crippen molar-refractivity contribution in [3.05, 3.63) is 12.5 Å². The van der Waals surface area contributed by atoms with Crippen LogP contribution in [0.3, 0.4) is 0 Å². The molecule has 2 rings (SSSR count). The van der Waals surface area contributed by atoms with Gasteiger partial charge in [-0.05, 0) is 18.3 Å². The number of nitrogens with one attached hydrogen (secondary N) is 1. The standard InChI is InChI=1S/C11H17N3O4S/c1-11(2)4-3-5-14(9(11)10(15)16)19(17,18)8-6-12-7-13-8/h6-7,9H,3-5H2,1-2H3,(H,12,13)(H,15,16). The van der Waals surface area contributed by atoms with Crippen LogP contribution in [0.25, 0.3) is 0 Å². The summed E-state index contributed by atoms with van der Waals surface area (Å²) in [6.07, 6.45) is 3.77. The quantitative estimate of drug-likeness (QED) is 0.850. The minimum atomic E-state index is -3.85. The monoisotopic (exact) mass is 287 g/mol. The molecule has 8 heteroatoms. The SMILES string of the molecule is CC1(C)CCCN(S(=O)(=O)c2cnc[nH]2)C1C(=O)O. The van der Waals surface area contributed by atoms with Crippen LogP contribution in [-0.2, 0) is 14.8 Å². The summed E-state index contributed by atoms with van der Waals surface area (Å²) in [5.41, 5.74) is -0.600. The van der Waals surface area contributed by atoms with Gasteiger partial charge in [0.05, 0.1) is 12.5 Å². The molecule has 1 atom stereocenters. The first-order chi connectivity index (χ1) is 8.77. The van der Waals surface area contributed by atoms with Crippen LogP contribution in [0.5, 0.6) is 0 Å². The Morgan fingerprint density at radius 2 is 2.26 bits per heavy atom. The second-order valence-corrected chi connectivity index (χ2v) is 7.22. The lowest BCUT2D eigenvalue weighted by Gasteiger charge is -2.42. The Hall–Kier alpha value is -1.41. The molecule has 7 nitrogen and oxygen atoms in total. The molecule has 0 amide bonds. The van der Waals surface area contributed by atoms with Crippen molar-refractivity contribution in [3.63, 3.8) is 0 Å². The Kier molecular flexibility index (Phi) is 3.40. The zero-order valence-corrected chi connectivity index (χ0v) is 11.6. The first kappa shape index (κ1) is 14.0. The van der Waals surface area contributed by atoms with Crippen molar-refractivity contribution in [2.75, 3.05) is 6.54 Å². The van der Waals surface area contributed by atoms with E-state index in [0.29, 0.717) is 12.8 Å². The highest BCUT2D eigenvalue weighted by Gasteiger charge is 2.48. The van der Waals surface area contributed by atoms with Crippen LogP contribution in [0.2, 0.25) is 0 Å². The lowest BCUT2D eigenvalue weighted by Crippen LogP contribution is -2.56. The fraction of sp³-hybridized carbons (Fsp3) is 0.636. The van der Waals surface area contributed by atoms with Crippen molar-refractivity contribution < 1.29 is 18.3 Å². The summed E-state index contributed by atoms with van der Waals surface area (Å²) in [5, 5.41) is 9.30. The third-order valence-corrected chi connectivity index (χ3v) is 5.31. The summed E-state index contributed by atoms with van der Waals surface area (Å²) in [6, 6.07) is -1.06. The lowest BCUT2D eigenvalue weighted by atomic mass is 9.77. The van der Waals surface area contributed by atoms with Gasteiger partial charge in [-0.25, -0.2) is 13.4 Å². The molecule has 2 N–H and O–H groups in total. The van der Waals surface area contributed by atoms with Crippen LogP contribution in [0.4, 0.5) is 0 Å². The van der Waals surface area contributed by atoms with Gasteiger partial charge in [0.25, 0.3) is 10.0 Å². The zero-order valence-electron chi connectivity index (χ0n) is 10.8. The number of nitrogens with zero attached hydrogens (tertiary/aromatic N) is 2. The molecule has 1 aliphatic heterocycles. The van der Waals surface area contributed by atoms with Gasteiger partial charge in [0.2, 0.25) is 0 Å². The van der Waals surface area contributed by atoms with E-state index in [9.17, 15) is 18.3 Å². The molecular formula is C11H17N3O4S. The Labute approximate surface area is 111 Å². The van der Waals surface area contributed by atoms with Crippen molar-refractivity contribution in [1.82, 2.24) is 14.3 Å². The summed E-state index contributed by atoms with van der Waals surface area (Å²) in [4.78, 5) is 17.7. The molecule has 1 saturated heterocycles. The number of carboxylic acid groups (broad SMARTS) is 1. The maximum atomic E-state index is 12.4. The molecule has 0 radical (unpaired) electrons. The largest absolute Gasteiger partial charge is 0.480 e. The fourth-order valence-corrected chi connectivity index (χ4v) is 4.24. The van der Waals surface area contributed by atoms with Crippen molar-refractivity contribution in [2.24, 2.45) is 5.41 Å². The number of imidazole rings is 1. The number of H-pyrrole nitrogens is 1. The molecule has 106 valence electrons. The summed E-state index contributed by atoms with van der Waals surface area (Å²) in [5.74, 6) is -1.12. The van der Waals surface area contributed by atoms with Gasteiger partial charge in [-0.2, -0.15) is 4.31 Å². The van der Waals surface area contributed by atoms with E-state index in [-0.39, 0.29) is 11.6 Å². The average molecular weight is 287 g/mol. The molecule has 0 aliphatic carbocycles. The Balaban J connectivity index is 2.45. The molecular weight excluding hydrogens is 270 g/mol. The molecule has 19 heavy (non-hydrogen) atoms. The fourth-order valence-electron chi connectivity index (χ4n) is 2.57. The first-order valence-corrected chi connectivity index (χ1v) is 7.44. The summed E-state index contributed by atoms with van der Waals surface area (Å²) in [7, 11) is -3.85. The number of aromatic nitrogens is 2. The highest BCUT2D eigenvalue weighted by Crippen LogP contribution is 2.37. The van der Waals surface area contributed by atoms with Gasteiger partial charge in [0, 0.05) is 6.54 Å². The highest BCUT2D eigenvalue weighted by atomic mass is 32.2. The number of hydrogen-bond acceptors (Lipinski definition) is 4. The minimum Gasteiger partial charge on any atom is -0.480 e. The maximum absolute atomic E-state index is 12.4. The number of aromatic amines is 1. The van der Waals surface area contributed by atoms with Crippen LogP contribution >= 0.6 is 0 Å². The molecule has 1 aromatic rings. The second-order valence-electron chi connectivity index (χ2n) is 5.36. The lowest BCUT2D eigenvalue weighted by molar-refractivity contribution is -0.147. The van der Waals surface area contributed by atoms with Gasteiger partial charge in [0.1, 0.15) is 6.04 Å². The highest BCUT2D eigenvalue weighted by molar-refractivity contribution is 7.89. The average Bonchev–Trinajstić information content (AvgIpc) is 2.80. The van der Waals surface area contributed by atoms with Crippen LogP contribution in [-0.4, -0.2) is 46.4 Å². The topological polar surface area (TPSA) is 103 Å². The van der Waals surface area contributed by atoms with E-state index in [1.807, 2.05) is 0 Å². The van der Waals surface area contributed by atoms with Gasteiger partial charge in [-0.15, -0.1) is 0 Å². The summed E-state index contributed by atoms with van der Waals surface area (Å²) >= 11 is 0. The molecule has 0 saturated carbocycles. The molecule has 1 unspecified atom stereocenters. The van der Waals surface area contributed by atoms with Crippen LogP contribution in [0, 0.1) is 5.41 Å². The van der Waals surface area contributed by atoms with Crippen molar-refractivity contribution >= 4 is 16.0 Å². The number of piperidine rings is 1. The van der Waals surface area contributed by atoms with E-state index in [2.05, 4.69) is 9.97 Å². The second kappa shape index (κ2) is 4.61. The molecule has 2 heterocycles. The molecule has 0 aromatic carbocycles. The first-order valence-electron chi connectivity index (χ1n) is 6.00. The van der Waals surface area contributed by atoms with Gasteiger partial charge < -0.3 is 10.1 Å². The predicted molar refractivity (Wildman–Crippen MR) is 66.9 cm³/mol. The third kappa shape index (κ3) is 2.37. The van der Waals surface area contributed by atoms with Crippen molar-refractivity contribution in [3.8, 4) is 0 Å². The smallest absolute Gasteiger partial charge is 0.322 e. The number of hydrogen-bond donors (Lipinski definition) is 2. The van der Waals surface area contributed by atoms with E-state index in [0.717, 1.165) is 4.31 Å². The number of aliphatic carboxylic acids is 1. The number of rotatable bonds is 3. The maximum Gasteiger partial charge on any atom is 0.322 e. The minimum absolute atomic E-state index is 0.0727. The van der Waals surface area contributed by atoms with E-state index >= 15 is 0 Å². The molecule has 1 aromatic heterocycles. The Morgan fingerprint density at radius 1 is 1.58 bits per heavy atom. The normalized spacial score (nSPS) is 24.2. The summed E-state index contributed by atoms with van der Waals surface area (Å²) in [6.45, 7) is 3.77. The molecule has 1 aliphatic rings. The Morgan fingerprint density at radius 3 is 2.79 bits per heavy atom. The van der Waals surface area contributed by atoms with Crippen molar-refractivity contribution in [1.29, 1.82) is 0 Å². The van der Waals surface area contributed by atoms with Crippen LogP contribution < -0.4 is 0 Å². The van der Waals surface area contributed by atoms with Gasteiger partial charge >= 0.3 is 5.97 Å². The number of carboxylic acids is 1. The third-order valence-electron chi connectivity index (χ3n) is 3.52. The van der Waals surface area contributed by atoms with Crippen LogP contribution in [0.1, 0.15) is 26.7 Å². The van der Waals surface area contributed by atoms with E-state index < -0.39 is 27.4 Å². The molecule has 0 bridgehead atoms. The van der Waals surface area contributed by atoms with Gasteiger partial charge in [-0.1, -0.05) is 13.8 Å². The van der Waals surface area contributed by atoms with Gasteiger partial charge in [-0.3, -0.25) is 4.79 Å². The number of sulfonamides is 1. The van der Waals surface area contributed by atoms with Crippen LogP contribution in [0.15, 0.2) is 17.6 Å². The van der Waals surface area contributed by atoms with E-state index in [4.69, 9.17) is 0 Å². The summed E-state index contributed by atoms with van der Waals surface area (Å²) < 4.78 is 25.9. The van der Waals surface area contributed by atoms with Crippen molar-refractivity contribution in [2.45, 2.75) is 37.8 Å². The molecule has 1 fully saturated rings. The predicted octanol–water partition coefficient (Wildman–Crippen LogP) is 0.674. The van der Waals surface area contributed by atoms with Gasteiger partial charge in [0.15, 0.2) is 5.03 Å². The van der Waals surface area contributed by atoms with E-state index in [1.54, 1.807) is 13.8 Å². The molecule has 0 spiro atoms. The number of carbonyl (C=O) groups is 1. The Bertz CT molecular complexity index is 565.